The Morgan fingerprint density at radius 3 is 2.26 bits per heavy atom. The number of hydrogen-bond acceptors (Lipinski definition) is 4. The summed E-state index contributed by atoms with van der Waals surface area (Å²) in [5, 5.41) is 11.6. The van der Waals surface area contributed by atoms with Crippen LogP contribution in [0, 0.1) is 0 Å². The Bertz CT molecular complexity index is 522. The van der Waals surface area contributed by atoms with Gasteiger partial charge >= 0.3 is 5.97 Å². The van der Waals surface area contributed by atoms with Crippen molar-refractivity contribution in [1.82, 2.24) is 0 Å². The molecule has 6 heteroatoms. The van der Waals surface area contributed by atoms with E-state index in [1.54, 1.807) is 13.0 Å². The number of anilines is 1. The van der Waals surface area contributed by atoms with Crippen LogP contribution in [0.4, 0.5) is 5.69 Å². The first-order chi connectivity index (χ1) is 9.03. The van der Waals surface area contributed by atoms with Crippen LogP contribution in [-0.4, -0.2) is 31.2 Å². The van der Waals surface area contributed by atoms with E-state index in [2.05, 4.69) is 5.32 Å². The number of methoxy groups -OCH3 is 2. The lowest BCUT2D eigenvalue weighted by molar-refractivity contribution is -0.111. The predicted molar refractivity (Wildman–Crippen MR) is 69.9 cm³/mol. The van der Waals surface area contributed by atoms with Crippen LogP contribution >= 0.6 is 0 Å². The lowest BCUT2D eigenvalue weighted by atomic mass is 10.1. The van der Waals surface area contributed by atoms with Crippen molar-refractivity contribution in [3.63, 3.8) is 0 Å². The molecule has 1 amide bonds. The van der Waals surface area contributed by atoms with Gasteiger partial charge in [0.1, 0.15) is 0 Å². The van der Waals surface area contributed by atoms with Crippen molar-refractivity contribution in [2.75, 3.05) is 19.5 Å². The molecule has 0 fully saturated rings. The molecule has 0 aliphatic carbocycles. The van der Waals surface area contributed by atoms with Crippen molar-refractivity contribution >= 4 is 17.6 Å². The first-order valence-corrected chi connectivity index (χ1v) is 5.46. The summed E-state index contributed by atoms with van der Waals surface area (Å²) < 4.78 is 10.1. The van der Waals surface area contributed by atoms with Crippen molar-refractivity contribution in [3.8, 4) is 11.5 Å². The van der Waals surface area contributed by atoms with Gasteiger partial charge in [-0.1, -0.05) is 6.08 Å². The Morgan fingerprint density at radius 1 is 1.21 bits per heavy atom. The highest BCUT2D eigenvalue weighted by Gasteiger charge is 2.17. The van der Waals surface area contributed by atoms with E-state index < -0.39 is 11.9 Å². The lowest BCUT2D eigenvalue weighted by Gasteiger charge is -2.12. The topological polar surface area (TPSA) is 84.9 Å². The highest BCUT2D eigenvalue weighted by molar-refractivity contribution is 6.05. The molecule has 0 saturated carbocycles. The van der Waals surface area contributed by atoms with Gasteiger partial charge in [-0.05, 0) is 13.0 Å². The summed E-state index contributed by atoms with van der Waals surface area (Å²) in [4.78, 5) is 22.6. The van der Waals surface area contributed by atoms with Crippen LogP contribution in [0.5, 0.6) is 11.5 Å². The molecule has 6 nitrogen and oxygen atoms in total. The van der Waals surface area contributed by atoms with Gasteiger partial charge in [0, 0.05) is 12.1 Å². The van der Waals surface area contributed by atoms with E-state index in [1.807, 2.05) is 0 Å². The number of benzene rings is 1. The molecule has 0 heterocycles. The third-order valence-electron chi connectivity index (χ3n) is 2.33. The molecule has 0 saturated heterocycles. The fraction of sp³-hybridized carbons (Fsp3) is 0.231. The Balaban J connectivity index is 3.27. The van der Waals surface area contributed by atoms with Gasteiger partial charge in [0.2, 0.25) is 5.91 Å². The standard InChI is InChI=1S/C13H15NO5/c1-4-5-12(15)14-9-7-11(19-3)10(18-2)6-8(9)13(16)17/h4-7H,1-3H3,(H,14,15)(H,16,17)/b5-4+. The average molecular weight is 265 g/mol. The number of rotatable bonds is 5. The number of ether oxygens (including phenoxy) is 2. The van der Waals surface area contributed by atoms with E-state index in [1.165, 1.54) is 32.4 Å². The highest BCUT2D eigenvalue weighted by atomic mass is 16.5. The number of carbonyl (C=O) groups excluding carboxylic acids is 1. The molecular weight excluding hydrogens is 250 g/mol. The van der Waals surface area contributed by atoms with Crippen molar-refractivity contribution in [3.05, 3.63) is 29.8 Å². The minimum atomic E-state index is -1.17. The molecule has 0 aromatic heterocycles. The molecule has 102 valence electrons. The van der Waals surface area contributed by atoms with Gasteiger partial charge in [0.25, 0.3) is 0 Å². The summed E-state index contributed by atoms with van der Waals surface area (Å²) in [7, 11) is 2.83. The second-order valence-electron chi connectivity index (χ2n) is 3.55. The van der Waals surface area contributed by atoms with Crippen LogP contribution in [0.15, 0.2) is 24.3 Å². The number of hydrogen-bond donors (Lipinski definition) is 2. The highest BCUT2D eigenvalue weighted by Crippen LogP contribution is 2.33. The van der Waals surface area contributed by atoms with Gasteiger partial charge in [-0.25, -0.2) is 4.79 Å². The molecule has 0 aliphatic rings. The molecule has 0 aliphatic heterocycles. The van der Waals surface area contributed by atoms with Crippen LogP contribution in [0.1, 0.15) is 17.3 Å². The third kappa shape index (κ3) is 3.48. The Hall–Kier alpha value is -2.50. The smallest absolute Gasteiger partial charge is 0.337 e. The SMILES string of the molecule is C/C=C/C(=O)Nc1cc(OC)c(OC)cc1C(=O)O. The minimum absolute atomic E-state index is 0.0736. The lowest BCUT2D eigenvalue weighted by Crippen LogP contribution is -2.12. The molecular formula is C13H15NO5. The number of carboxylic acids is 1. The first-order valence-electron chi connectivity index (χ1n) is 5.46. The molecule has 0 bridgehead atoms. The fourth-order valence-electron chi connectivity index (χ4n) is 1.49. The van der Waals surface area contributed by atoms with E-state index in [9.17, 15) is 9.59 Å². The Morgan fingerprint density at radius 2 is 1.79 bits per heavy atom. The monoisotopic (exact) mass is 265 g/mol. The number of nitrogens with one attached hydrogen (secondary N) is 1. The van der Waals surface area contributed by atoms with Gasteiger partial charge in [-0.3, -0.25) is 4.79 Å². The van der Waals surface area contributed by atoms with Gasteiger partial charge in [0.15, 0.2) is 11.5 Å². The molecule has 1 aromatic rings. The first kappa shape index (κ1) is 14.6. The average Bonchev–Trinajstić information content (AvgIpc) is 2.38. The number of aromatic carboxylic acids is 1. The Labute approximate surface area is 110 Å². The van der Waals surface area contributed by atoms with Crippen LogP contribution in [0.2, 0.25) is 0 Å². The molecule has 19 heavy (non-hydrogen) atoms. The van der Waals surface area contributed by atoms with Gasteiger partial charge in [-0.15, -0.1) is 0 Å². The van der Waals surface area contributed by atoms with Crippen LogP contribution in [-0.2, 0) is 4.79 Å². The summed E-state index contributed by atoms with van der Waals surface area (Å²) in [5.41, 5.74) is 0.0729. The zero-order chi connectivity index (χ0) is 14.4. The maximum atomic E-state index is 11.5. The van der Waals surface area contributed by atoms with Crippen LogP contribution < -0.4 is 14.8 Å². The van der Waals surface area contributed by atoms with Gasteiger partial charge in [-0.2, -0.15) is 0 Å². The number of allylic oxidation sites excluding steroid dienone is 1. The summed E-state index contributed by atoms with van der Waals surface area (Å²) in [6, 6.07) is 2.70. The van der Waals surface area contributed by atoms with Gasteiger partial charge < -0.3 is 19.9 Å². The summed E-state index contributed by atoms with van der Waals surface area (Å²) in [6.07, 6.45) is 2.85. The summed E-state index contributed by atoms with van der Waals surface area (Å²) >= 11 is 0. The molecule has 0 atom stereocenters. The van der Waals surface area contributed by atoms with E-state index in [-0.39, 0.29) is 17.0 Å². The molecule has 0 spiro atoms. The molecule has 1 rings (SSSR count). The second-order valence-corrected chi connectivity index (χ2v) is 3.55. The number of carbonyl (C=O) groups is 2. The summed E-state index contributed by atoms with van der Waals surface area (Å²) in [5.74, 6) is -0.971. The predicted octanol–water partition coefficient (Wildman–Crippen LogP) is 1.92. The van der Waals surface area contributed by atoms with E-state index >= 15 is 0 Å². The zero-order valence-electron chi connectivity index (χ0n) is 10.9. The van der Waals surface area contributed by atoms with Crippen LogP contribution in [0.3, 0.4) is 0 Å². The maximum Gasteiger partial charge on any atom is 0.337 e. The quantitative estimate of drug-likeness (QED) is 0.794. The molecule has 0 unspecified atom stereocenters. The van der Waals surface area contributed by atoms with Crippen molar-refractivity contribution in [2.24, 2.45) is 0 Å². The second kappa shape index (κ2) is 6.44. The normalized spacial score (nSPS) is 10.3. The van der Waals surface area contributed by atoms with Crippen molar-refractivity contribution in [2.45, 2.75) is 6.92 Å². The molecule has 1 aromatic carbocycles. The minimum Gasteiger partial charge on any atom is -0.493 e. The van der Waals surface area contributed by atoms with E-state index in [0.29, 0.717) is 5.75 Å². The van der Waals surface area contributed by atoms with Crippen molar-refractivity contribution < 1.29 is 24.2 Å². The fourth-order valence-corrected chi connectivity index (χ4v) is 1.49. The van der Waals surface area contributed by atoms with Crippen LogP contribution in [0.25, 0.3) is 0 Å². The molecule has 2 N–H and O–H groups in total. The van der Waals surface area contributed by atoms with E-state index in [0.717, 1.165) is 0 Å². The number of amides is 1. The summed E-state index contributed by atoms with van der Waals surface area (Å²) in [6.45, 7) is 1.69. The zero-order valence-corrected chi connectivity index (χ0v) is 10.9. The Kier molecular flexibility index (Phi) is 4.93. The van der Waals surface area contributed by atoms with E-state index in [4.69, 9.17) is 14.6 Å². The largest absolute Gasteiger partial charge is 0.493 e. The third-order valence-corrected chi connectivity index (χ3v) is 2.33. The van der Waals surface area contributed by atoms with Gasteiger partial charge in [0.05, 0.1) is 25.5 Å². The maximum absolute atomic E-state index is 11.5. The molecule has 0 radical (unpaired) electrons. The number of carboxylic acid groups (broad SMARTS) is 1. The van der Waals surface area contributed by atoms with Crippen molar-refractivity contribution in [1.29, 1.82) is 0 Å².